The third kappa shape index (κ3) is 5.03. The van der Waals surface area contributed by atoms with Crippen molar-refractivity contribution in [2.24, 2.45) is 4.99 Å². The van der Waals surface area contributed by atoms with Crippen LogP contribution in [0.4, 0.5) is 0 Å². The van der Waals surface area contributed by atoms with E-state index in [0.717, 1.165) is 66.2 Å². The number of ether oxygens (including phenoxy) is 1. The van der Waals surface area contributed by atoms with E-state index in [2.05, 4.69) is 43.2 Å². The van der Waals surface area contributed by atoms with Crippen LogP contribution in [-0.4, -0.2) is 52.5 Å². The molecule has 158 valence electrons. The fourth-order valence-electron chi connectivity index (χ4n) is 3.50. The molecule has 9 heteroatoms. The van der Waals surface area contributed by atoms with Crippen LogP contribution >= 0.6 is 11.3 Å². The minimum Gasteiger partial charge on any atom is -0.377 e. The molecule has 0 bridgehead atoms. The maximum absolute atomic E-state index is 5.13. The number of hydrogen-bond acceptors (Lipinski definition) is 6. The van der Waals surface area contributed by atoms with Gasteiger partial charge in [-0.2, -0.15) is 5.10 Å². The van der Waals surface area contributed by atoms with Gasteiger partial charge in [-0.15, -0.1) is 11.3 Å². The lowest BCUT2D eigenvalue weighted by atomic mass is 10.1. The molecule has 2 N–H and O–H groups in total. The van der Waals surface area contributed by atoms with E-state index >= 15 is 0 Å². The van der Waals surface area contributed by atoms with Gasteiger partial charge in [-0.25, -0.2) is 14.6 Å². The van der Waals surface area contributed by atoms with E-state index in [1.54, 1.807) is 25.5 Å². The molecule has 0 fully saturated rings. The zero-order valence-corrected chi connectivity index (χ0v) is 18.2. The standard InChI is InChI=1S/C21H27N7OS/c1-22-21(25-16-8-9-19-26-18(13-29-2)27-28(19)12-16)23-11-10-17-14-30-20(24-17)15-6-4-3-5-7-15/h3-7,14,16H,8-13H2,1-2H3,(H2,22,23,25). The van der Waals surface area contributed by atoms with Crippen LogP contribution in [0, 0.1) is 0 Å². The van der Waals surface area contributed by atoms with Gasteiger partial charge in [0.25, 0.3) is 0 Å². The van der Waals surface area contributed by atoms with Crippen molar-refractivity contribution >= 4 is 17.3 Å². The van der Waals surface area contributed by atoms with Crippen molar-refractivity contribution in [2.75, 3.05) is 20.7 Å². The minimum absolute atomic E-state index is 0.268. The van der Waals surface area contributed by atoms with Crippen molar-refractivity contribution in [2.45, 2.75) is 38.5 Å². The second-order valence-electron chi connectivity index (χ2n) is 7.20. The summed E-state index contributed by atoms with van der Waals surface area (Å²) >= 11 is 1.69. The van der Waals surface area contributed by atoms with Crippen molar-refractivity contribution in [3.63, 3.8) is 0 Å². The summed E-state index contributed by atoms with van der Waals surface area (Å²) in [6, 6.07) is 10.6. The number of fused-ring (bicyclic) bond motifs is 1. The smallest absolute Gasteiger partial charge is 0.191 e. The zero-order valence-electron chi connectivity index (χ0n) is 17.3. The van der Waals surface area contributed by atoms with Gasteiger partial charge in [-0.1, -0.05) is 30.3 Å². The maximum Gasteiger partial charge on any atom is 0.191 e. The van der Waals surface area contributed by atoms with Crippen LogP contribution in [0.15, 0.2) is 40.7 Å². The van der Waals surface area contributed by atoms with Gasteiger partial charge in [-0.05, 0) is 6.42 Å². The molecule has 30 heavy (non-hydrogen) atoms. The van der Waals surface area contributed by atoms with E-state index in [0.29, 0.717) is 6.61 Å². The maximum atomic E-state index is 5.13. The van der Waals surface area contributed by atoms with E-state index < -0.39 is 0 Å². The molecule has 8 nitrogen and oxygen atoms in total. The van der Waals surface area contributed by atoms with Gasteiger partial charge in [0.1, 0.15) is 17.4 Å². The SMILES string of the molecule is CN=C(NCCc1csc(-c2ccccc2)n1)NC1CCc2nc(COC)nn2C1. The predicted molar refractivity (Wildman–Crippen MR) is 119 cm³/mol. The number of nitrogens with zero attached hydrogens (tertiary/aromatic N) is 5. The van der Waals surface area contributed by atoms with Crippen molar-refractivity contribution in [1.29, 1.82) is 0 Å². The first-order valence-corrected chi connectivity index (χ1v) is 11.0. The van der Waals surface area contributed by atoms with E-state index in [4.69, 9.17) is 9.72 Å². The summed E-state index contributed by atoms with van der Waals surface area (Å²) in [4.78, 5) is 13.6. The Morgan fingerprint density at radius 1 is 1.30 bits per heavy atom. The Kier molecular flexibility index (Phi) is 6.70. The number of hydrogen-bond donors (Lipinski definition) is 2. The molecule has 3 aromatic rings. The summed E-state index contributed by atoms with van der Waals surface area (Å²) in [5.74, 6) is 2.58. The molecule has 0 saturated carbocycles. The Morgan fingerprint density at radius 2 is 2.17 bits per heavy atom. The molecule has 0 aliphatic carbocycles. The summed E-state index contributed by atoms with van der Waals surface area (Å²) in [5, 5.41) is 14.6. The average Bonchev–Trinajstić information content (AvgIpc) is 3.40. The Hall–Kier alpha value is -2.78. The highest BCUT2D eigenvalue weighted by atomic mass is 32.1. The number of thiazole rings is 1. The average molecular weight is 426 g/mol. The monoisotopic (exact) mass is 425 g/mol. The van der Waals surface area contributed by atoms with Crippen LogP contribution in [0.3, 0.4) is 0 Å². The topological polar surface area (TPSA) is 89.2 Å². The van der Waals surface area contributed by atoms with E-state index in [1.807, 2.05) is 22.9 Å². The van der Waals surface area contributed by atoms with Gasteiger partial charge in [0, 0.05) is 50.5 Å². The summed E-state index contributed by atoms with van der Waals surface area (Å²) in [5.41, 5.74) is 2.26. The highest BCUT2D eigenvalue weighted by molar-refractivity contribution is 7.13. The van der Waals surface area contributed by atoms with Crippen LogP contribution in [0.2, 0.25) is 0 Å². The van der Waals surface area contributed by atoms with Gasteiger partial charge in [0.05, 0.1) is 12.2 Å². The molecule has 1 aromatic carbocycles. The Bertz CT molecular complexity index is 982. The lowest BCUT2D eigenvalue weighted by molar-refractivity contribution is 0.177. The highest BCUT2D eigenvalue weighted by Crippen LogP contribution is 2.23. The third-order valence-corrected chi connectivity index (χ3v) is 5.93. The van der Waals surface area contributed by atoms with Crippen LogP contribution < -0.4 is 10.6 Å². The van der Waals surface area contributed by atoms with Gasteiger partial charge in [0.15, 0.2) is 11.8 Å². The molecule has 1 atom stereocenters. The second kappa shape index (κ2) is 9.82. The number of aliphatic imine (C=N–C) groups is 1. The zero-order chi connectivity index (χ0) is 20.8. The fourth-order valence-corrected chi connectivity index (χ4v) is 4.36. The van der Waals surface area contributed by atoms with E-state index in [-0.39, 0.29) is 6.04 Å². The Labute approximate surface area is 180 Å². The fraction of sp³-hybridized carbons (Fsp3) is 0.429. The van der Waals surface area contributed by atoms with Crippen molar-refractivity contribution in [3.8, 4) is 10.6 Å². The summed E-state index contributed by atoms with van der Waals surface area (Å²) in [6.07, 6.45) is 2.74. The number of nitrogens with one attached hydrogen (secondary N) is 2. The predicted octanol–water partition coefficient (Wildman–Crippen LogP) is 2.27. The van der Waals surface area contributed by atoms with Crippen LogP contribution in [0.25, 0.3) is 10.6 Å². The number of rotatable bonds is 7. The number of methoxy groups -OCH3 is 1. The van der Waals surface area contributed by atoms with Gasteiger partial charge >= 0.3 is 0 Å². The number of aromatic nitrogens is 4. The number of guanidine groups is 1. The molecule has 4 rings (SSSR count). The molecule has 0 amide bonds. The third-order valence-electron chi connectivity index (χ3n) is 4.99. The number of benzene rings is 1. The first kappa shape index (κ1) is 20.5. The van der Waals surface area contributed by atoms with Crippen LogP contribution in [0.5, 0.6) is 0 Å². The molecule has 0 spiro atoms. The lowest BCUT2D eigenvalue weighted by Gasteiger charge is -2.25. The summed E-state index contributed by atoms with van der Waals surface area (Å²) in [7, 11) is 3.46. The van der Waals surface area contributed by atoms with Crippen molar-refractivity contribution in [3.05, 3.63) is 53.1 Å². The molecular formula is C21H27N7OS. The number of aryl methyl sites for hydroxylation is 1. The Morgan fingerprint density at radius 3 is 2.97 bits per heavy atom. The van der Waals surface area contributed by atoms with Gasteiger partial charge < -0.3 is 15.4 Å². The quantitative estimate of drug-likeness (QED) is 0.446. The molecule has 1 unspecified atom stereocenters. The normalized spacial score (nSPS) is 16.3. The first-order valence-electron chi connectivity index (χ1n) is 10.1. The van der Waals surface area contributed by atoms with Gasteiger partial charge in [-0.3, -0.25) is 4.99 Å². The lowest BCUT2D eigenvalue weighted by Crippen LogP contribution is -2.47. The molecule has 1 aliphatic heterocycles. The summed E-state index contributed by atoms with van der Waals surface area (Å²) < 4.78 is 7.11. The minimum atomic E-state index is 0.268. The molecule has 1 aliphatic rings. The largest absolute Gasteiger partial charge is 0.377 e. The highest BCUT2D eigenvalue weighted by Gasteiger charge is 2.22. The summed E-state index contributed by atoms with van der Waals surface area (Å²) in [6.45, 7) is 2.00. The first-order chi connectivity index (χ1) is 14.7. The molecule has 0 radical (unpaired) electrons. The van der Waals surface area contributed by atoms with Crippen molar-refractivity contribution in [1.82, 2.24) is 30.4 Å². The van der Waals surface area contributed by atoms with E-state index in [1.165, 1.54) is 0 Å². The molecule has 0 saturated heterocycles. The second-order valence-corrected chi connectivity index (χ2v) is 8.06. The van der Waals surface area contributed by atoms with E-state index in [9.17, 15) is 0 Å². The Balaban J connectivity index is 1.26. The molecule has 2 aromatic heterocycles. The van der Waals surface area contributed by atoms with Gasteiger partial charge in [0.2, 0.25) is 0 Å². The molecule has 3 heterocycles. The van der Waals surface area contributed by atoms with Crippen LogP contribution in [-0.2, 0) is 30.7 Å². The molecular weight excluding hydrogens is 398 g/mol. The van der Waals surface area contributed by atoms with Crippen LogP contribution in [0.1, 0.15) is 23.8 Å². The van der Waals surface area contributed by atoms with Crippen molar-refractivity contribution < 1.29 is 4.74 Å².